The second-order valence-corrected chi connectivity index (χ2v) is 7.77. The zero-order chi connectivity index (χ0) is 22.5. The monoisotopic (exact) mass is 460 g/mol. The van der Waals surface area contributed by atoms with E-state index in [4.69, 9.17) is 23.2 Å². The molecule has 0 atom stereocenters. The van der Waals surface area contributed by atoms with Gasteiger partial charge < -0.3 is 10.6 Å². The van der Waals surface area contributed by atoms with Crippen LogP contribution in [-0.2, 0) is 0 Å². The lowest BCUT2D eigenvalue weighted by atomic mass is 10.0. The van der Waals surface area contributed by atoms with Crippen LogP contribution in [-0.4, -0.2) is 11.8 Å². The van der Waals surface area contributed by atoms with E-state index in [1.54, 1.807) is 60.7 Å². The average Bonchev–Trinajstić information content (AvgIpc) is 2.80. The van der Waals surface area contributed by atoms with Crippen LogP contribution in [0.5, 0.6) is 0 Å². The molecule has 2 amide bonds. The predicted molar refractivity (Wildman–Crippen MR) is 131 cm³/mol. The van der Waals surface area contributed by atoms with Crippen molar-refractivity contribution in [2.45, 2.75) is 0 Å². The highest BCUT2D eigenvalue weighted by Crippen LogP contribution is 2.34. The number of amides is 2. The van der Waals surface area contributed by atoms with Gasteiger partial charge in [0.1, 0.15) is 0 Å². The summed E-state index contributed by atoms with van der Waals surface area (Å²) in [5.41, 5.74) is 3.45. The highest BCUT2D eigenvalue weighted by molar-refractivity contribution is 6.35. The Kier molecular flexibility index (Phi) is 6.55. The molecule has 6 heteroatoms. The fourth-order valence-electron chi connectivity index (χ4n) is 3.32. The molecular formula is C26H18Cl2N2O2. The molecule has 4 aromatic carbocycles. The maximum atomic E-state index is 12.8. The lowest BCUT2D eigenvalue weighted by Crippen LogP contribution is -2.14. The average molecular weight is 461 g/mol. The van der Waals surface area contributed by atoms with Gasteiger partial charge in [0, 0.05) is 22.5 Å². The first kappa shape index (κ1) is 21.6. The molecule has 0 spiro atoms. The van der Waals surface area contributed by atoms with Gasteiger partial charge in [-0.2, -0.15) is 0 Å². The van der Waals surface area contributed by atoms with Crippen molar-refractivity contribution < 1.29 is 9.59 Å². The molecular weight excluding hydrogens is 443 g/mol. The first-order valence-corrected chi connectivity index (χ1v) is 10.6. The van der Waals surface area contributed by atoms with Gasteiger partial charge in [-0.05, 0) is 36.4 Å². The molecule has 0 aliphatic rings. The largest absolute Gasteiger partial charge is 0.321 e. The quantitative estimate of drug-likeness (QED) is 0.331. The van der Waals surface area contributed by atoms with Crippen LogP contribution < -0.4 is 10.6 Å². The molecule has 2 N–H and O–H groups in total. The van der Waals surface area contributed by atoms with Crippen molar-refractivity contribution in [2.75, 3.05) is 10.6 Å². The third kappa shape index (κ3) is 4.67. The molecule has 0 radical (unpaired) electrons. The third-order valence-electron chi connectivity index (χ3n) is 4.88. The summed E-state index contributed by atoms with van der Waals surface area (Å²) in [7, 11) is 0. The van der Waals surface area contributed by atoms with Crippen molar-refractivity contribution in [1.82, 2.24) is 0 Å². The topological polar surface area (TPSA) is 58.2 Å². The Balaban J connectivity index is 1.67. The second-order valence-electron chi connectivity index (χ2n) is 6.96. The van der Waals surface area contributed by atoms with Crippen LogP contribution in [0.3, 0.4) is 0 Å². The first-order chi connectivity index (χ1) is 15.5. The van der Waals surface area contributed by atoms with Crippen molar-refractivity contribution in [1.29, 1.82) is 0 Å². The number of hydrogen-bond acceptors (Lipinski definition) is 2. The molecule has 32 heavy (non-hydrogen) atoms. The van der Waals surface area contributed by atoms with Crippen molar-refractivity contribution in [3.8, 4) is 11.1 Å². The van der Waals surface area contributed by atoms with Gasteiger partial charge in [-0.15, -0.1) is 0 Å². The molecule has 0 aliphatic heterocycles. The van der Waals surface area contributed by atoms with Crippen molar-refractivity contribution in [3.05, 3.63) is 118 Å². The molecule has 4 nitrogen and oxygen atoms in total. The molecule has 0 bridgehead atoms. The van der Waals surface area contributed by atoms with Crippen molar-refractivity contribution >= 4 is 46.4 Å². The maximum Gasteiger partial charge on any atom is 0.257 e. The van der Waals surface area contributed by atoms with Crippen LogP contribution in [0.15, 0.2) is 97.1 Å². The van der Waals surface area contributed by atoms with E-state index in [0.29, 0.717) is 32.5 Å². The summed E-state index contributed by atoms with van der Waals surface area (Å²) < 4.78 is 0. The standard InChI is InChI=1S/C26H18Cl2N2O2/c27-21-13-5-1-11-19(21)25(31)29-23-15-7-3-9-17(23)18-10-4-8-16-24(18)30-26(32)20-12-2-6-14-22(20)28/h1-16H,(H,29,31)(H,30,32). The summed E-state index contributed by atoms with van der Waals surface area (Å²) in [6.07, 6.45) is 0. The number of benzene rings is 4. The van der Waals surface area contributed by atoms with E-state index >= 15 is 0 Å². The molecule has 0 saturated heterocycles. The van der Waals surface area contributed by atoms with Gasteiger partial charge in [0.2, 0.25) is 0 Å². The molecule has 0 saturated carbocycles. The third-order valence-corrected chi connectivity index (χ3v) is 5.54. The van der Waals surface area contributed by atoms with Crippen LogP contribution in [0.4, 0.5) is 11.4 Å². The van der Waals surface area contributed by atoms with E-state index in [9.17, 15) is 9.59 Å². The van der Waals surface area contributed by atoms with Gasteiger partial charge in [0.05, 0.1) is 21.2 Å². The molecule has 158 valence electrons. The van der Waals surface area contributed by atoms with Gasteiger partial charge in [-0.3, -0.25) is 9.59 Å². The molecule has 0 unspecified atom stereocenters. The highest BCUT2D eigenvalue weighted by atomic mass is 35.5. The number of hydrogen-bond donors (Lipinski definition) is 2. The Morgan fingerprint density at radius 3 is 1.25 bits per heavy atom. The molecule has 0 fully saturated rings. The zero-order valence-corrected chi connectivity index (χ0v) is 18.3. The molecule has 0 aromatic heterocycles. The van der Waals surface area contributed by atoms with Gasteiger partial charge >= 0.3 is 0 Å². The van der Waals surface area contributed by atoms with Crippen molar-refractivity contribution in [2.24, 2.45) is 0 Å². The zero-order valence-electron chi connectivity index (χ0n) is 16.8. The minimum Gasteiger partial charge on any atom is -0.321 e. The molecule has 0 heterocycles. The lowest BCUT2D eigenvalue weighted by Gasteiger charge is -2.16. The number of nitrogens with one attached hydrogen (secondary N) is 2. The van der Waals surface area contributed by atoms with Crippen LogP contribution in [0.1, 0.15) is 20.7 Å². The number of para-hydroxylation sites is 2. The number of anilines is 2. The fourth-order valence-corrected chi connectivity index (χ4v) is 3.77. The fraction of sp³-hybridized carbons (Fsp3) is 0. The Bertz CT molecular complexity index is 1200. The minimum absolute atomic E-state index is 0.319. The molecule has 4 rings (SSSR count). The van der Waals surface area contributed by atoms with Gasteiger partial charge in [0.25, 0.3) is 11.8 Å². The van der Waals surface area contributed by atoms with Crippen LogP contribution in [0, 0.1) is 0 Å². The summed E-state index contributed by atoms with van der Waals surface area (Å²) in [6, 6.07) is 28.5. The Labute approximate surface area is 195 Å². The minimum atomic E-state index is -0.319. The van der Waals surface area contributed by atoms with E-state index in [1.165, 1.54) is 0 Å². The van der Waals surface area contributed by atoms with E-state index in [2.05, 4.69) is 10.6 Å². The SMILES string of the molecule is O=C(Nc1ccccc1-c1ccccc1NC(=O)c1ccccc1Cl)c1ccccc1Cl. The number of rotatable bonds is 5. The maximum absolute atomic E-state index is 12.8. The van der Waals surface area contributed by atoms with E-state index < -0.39 is 0 Å². The van der Waals surface area contributed by atoms with Crippen LogP contribution in [0.2, 0.25) is 10.0 Å². The number of carbonyl (C=O) groups excluding carboxylic acids is 2. The Morgan fingerprint density at radius 2 is 0.844 bits per heavy atom. The molecule has 0 aliphatic carbocycles. The van der Waals surface area contributed by atoms with Crippen molar-refractivity contribution in [3.63, 3.8) is 0 Å². The predicted octanol–water partition coefficient (Wildman–Crippen LogP) is 7.17. The first-order valence-electron chi connectivity index (χ1n) is 9.85. The van der Waals surface area contributed by atoms with E-state index in [0.717, 1.165) is 11.1 Å². The highest BCUT2D eigenvalue weighted by Gasteiger charge is 2.16. The molecule has 4 aromatic rings. The lowest BCUT2D eigenvalue weighted by molar-refractivity contribution is 0.101. The summed E-state index contributed by atoms with van der Waals surface area (Å²) >= 11 is 12.4. The smallest absolute Gasteiger partial charge is 0.257 e. The number of halogens is 2. The Hall–Kier alpha value is -3.60. The van der Waals surface area contributed by atoms with Gasteiger partial charge in [-0.25, -0.2) is 0 Å². The Morgan fingerprint density at radius 1 is 0.500 bits per heavy atom. The van der Waals surface area contributed by atoms with Gasteiger partial charge in [-0.1, -0.05) is 83.9 Å². The summed E-state index contributed by atoms with van der Waals surface area (Å²) in [4.78, 5) is 25.6. The summed E-state index contributed by atoms with van der Waals surface area (Å²) in [6.45, 7) is 0. The van der Waals surface area contributed by atoms with E-state index in [-0.39, 0.29) is 11.8 Å². The van der Waals surface area contributed by atoms with Crippen LogP contribution in [0.25, 0.3) is 11.1 Å². The van der Waals surface area contributed by atoms with Crippen LogP contribution >= 0.6 is 23.2 Å². The second kappa shape index (κ2) is 9.69. The normalized spacial score (nSPS) is 10.4. The number of carbonyl (C=O) groups is 2. The van der Waals surface area contributed by atoms with E-state index in [1.807, 2.05) is 36.4 Å². The van der Waals surface area contributed by atoms with Gasteiger partial charge in [0.15, 0.2) is 0 Å². The summed E-state index contributed by atoms with van der Waals surface area (Å²) in [5, 5.41) is 6.60. The summed E-state index contributed by atoms with van der Waals surface area (Å²) in [5.74, 6) is -0.638.